The number of carboxylic acid groups (broad SMARTS) is 1. The number of nitro benzene ring substituents is 1. The Bertz CT molecular complexity index is 741. The minimum Gasteiger partial charge on any atom is -0.478 e. The van der Waals surface area contributed by atoms with Crippen molar-refractivity contribution in [3.63, 3.8) is 0 Å². The van der Waals surface area contributed by atoms with Gasteiger partial charge in [0, 0.05) is 12.3 Å². The summed E-state index contributed by atoms with van der Waals surface area (Å²) in [5, 5.41) is 20.1. The maximum absolute atomic E-state index is 13.6. The van der Waals surface area contributed by atoms with Gasteiger partial charge in [0.15, 0.2) is 0 Å². The van der Waals surface area contributed by atoms with Gasteiger partial charge in [-0.25, -0.2) is 14.2 Å². The van der Waals surface area contributed by atoms with Gasteiger partial charge in [-0.2, -0.15) is 0 Å². The zero-order valence-electron chi connectivity index (χ0n) is 10.1. The van der Waals surface area contributed by atoms with Gasteiger partial charge in [-0.1, -0.05) is 11.8 Å². The summed E-state index contributed by atoms with van der Waals surface area (Å²) in [6.07, 6.45) is 1.36. The molecule has 0 bridgehead atoms. The minimum atomic E-state index is -1.22. The molecule has 0 unspecified atom stereocenters. The van der Waals surface area contributed by atoms with Crippen LogP contribution in [0.1, 0.15) is 10.4 Å². The second kappa shape index (κ2) is 6.19. The van der Waals surface area contributed by atoms with E-state index < -0.39 is 16.7 Å². The van der Waals surface area contributed by atoms with Crippen LogP contribution in [0.2, 0.25) is 0 Å². The van der Waals surface area contributed by atoms with Crippen molar-refractivity contribution in [3.05, 3.63) is 56.4 Å². The molecule has 0 aliphatic heterocycles. The monoisotopic (exact) mass is 372 g/mol. The van der Waals surface area contributed by atoms with Crippen LogP contribution >= 0.6 is 27.7 Å². The van der Waals surface area contributed by atoms with Gasteiger partial charge < -0.3 is 5.11 Å². The third-order valence-electron chi connectivity index (χ3n) is 2.41. The van der Waals surface area contributed by atoms with Crippen LogP contribution in [0.25, 0.3) is 0 Å². The molecule has 0 amide bonds. The van der Waals surface area contributed by atoms with Crippen molar-refractivity contribution >= 4 is 39.3 Å². The van der Waals surface area contributed by atoms with E-state index in [1.807, 2.05) is 0 Å². The normalized spacial score (nSPS) is 10.4. The zero-order chi connectivity index (χ0) is 15.6. The van der Waals surface area contributed by atoms with Crippen molar-refractivity contribution < 1.29 is 19.2 Å². The number of hydrogen-bond donors (Lipinski definition) is 1. The molecule has 0 spiro atoms. The molecule has 6 nitrogen and oxygen atoms in total. The van der Waals surface area contributed by atoms with E-state index in [-0.39, 0.29) is 25.6 Å². The number of rotatable bonds is 4. The third kappa shape index (κ3) is 3.37. The fourth-order valence-electron chi connectivity index (χ4n) is 1.48. The number of pyridine rings is 1. The van der Waals surface area contributed by atoms with E-state index in [0.717, 1.165) is 23.9 Å². The summed E-state index contributed by atoms with van der Waals surface area (Å²) in [4.78, 5) is 25.3. The molecule has 2 aromatic rings. The van der Waals surface area contributed by atoms with E-state index in [1.54, 1.807) is 0 Å². The predicted molar refractivity (Wildman–Crippen MR) is 76.1 cm³/mol. The van der Waals surface area contributed by atoms with E-state index in [4.69, 9.17) is 5.11 Å². The van der Waals surface area contributed by atoms with Gasteiger partial charge in [-0.3, -0.25) is 10.1 Å². The molecule has 1 heterocycles. The first-order valence-electron chi connectivity index (χ1n) is 5.39. The number of carbonyl (C=O) groups is 1. The van der Waals surface area contributed by atoms with Crippen molar-refractivity contribution in [1.29, 1.82) is 0 Å². The first-order chi connectivity index (χ1) is 9.90. The van der Waals surface area contributed by atoms with E-state index >= 15 is 0 Å². The van der Waals surface area contributed by atoms with Crippen molar-refractivity contribution in [3.8, 4) is 0 Å². The first-order valence-corrected chi connectivity index (χ1v) is 7.00. The topological polar surface area (TPSA) is 93.3 Å². The van der Waals surface area contributed by atoms with Crippen LogP contribution in [-0.4, -0.2) is 21.0 Å². The number of nitrogens with zero attached hydrogens (tertiary/aromatic N) is 2. The Morgan fingerprint density at radius 3 is 2.81 bits per heavy atom. The Hall–Kier alpha value is -2.00. The lowest BCUT2D eigenvalue weighted by Gasteiger charge is -2.06. The van der Waals surface area contributed by atoms with E-state index in [9.17, 15) is 19.3 Å². The summed E-state index contributed by atoms with van der Waals surface area (Å²) in [6, 6.07) is 4.75. The Labute approximate surface area is 130 Å². The number of aromatic carboxylic acids is 1. The highest BCUT2D eigenvalue weighted by Gasteiger charge is 2.21. The molecule has 1 aromatic carbocycles. The Morgan fingerprint density at radius 1 is 1.48 bits per heavy atom. The van der Waals surface area contributed by atoms with Crippen LogP contribution in [0, 0.1) is 15.9 Å². The summed E-state index contributed by atoms with van der Waals surface area (Å²) >= 11 is 3.60. The molecule has 1 aromatic heterocycles. The van der Waals surface area contributed by atoms with Crippen molar-refractivity contribution in [1.82, 2.24) is 4.98 Å². The van der Waals surface area contributed by atoms with Crippen molar-refractivity contribution in [2.45, 2.75) is 9.92 Å². The molecule has 0 aliphatic carbocycles. The second-order valence-electron chi connectivity index (χ2n) is 3.75. The molecule has 2 rings (SSSR count). The van der Waals surface area contributed by atoms with Gasteiger partial charge in [0.05, 0.1) is 19.9 Å². The zero-order valence-corrected chi connectivity index (χ0v) is 12.5. The summed E-state index contributed by atoms with van der Waals surface area (Å²) in [5.41, 5.74) is -0.449. The highest BCUT2D eigenvalue weighted by atomic mass is 79.9. The van der Waals surface area contributed by atoms with Gasteiger partial charge in [0.1, 0.15) is 10.8 Å². The van der Waals surface area contributed by atoms with E-state index in [2.05, 4.69) is 20.9 Å². The Morgan fingerprint density at radius 2 is 2.19 bits per heavy atom. The van der Waals surface area contributed by atoms with Crippen LogP contribution in [0.15, 0.2) is 44.9 Å². The molecule has 21 heavy (non-hydrogen) atoms. The Balaban J connectivity index is 2.52. The summed E-state index contributed by atoms with van der Waals surface area (Å²) in [5.74, 6) is -1.90. The maximum Gasteiger partial charge on any atom is 0.338 e. The number of nitro groups is 1. The molecule has 108 valence electrons. The van der Waals surface area contributed by atoms with Gasteiger partial charge in [-0.15, -0.1) is 0 Å². The predicted octanol–water partition coefficient (Wildman–Crippen LogP) is 3.74. The largest absolute Gasteiger partial charge is 0.478 e. The summed E-state index contributed by atoms with van der Waals surface area (Å²) in [6.45, 7) is 0. The minimum absolute atomic E-state index is 0.0260. The highest BCUT2D eigenvalue weighted by Crippen LogP contribution is 2.38. The van der Waals surface area contributed by atoms with Crippen LogP contribution in [-0.2, 0) is 0 Å². The standard InChI is InChI=1S/C12H6BrFN2O4S/c13-7-4-9(16(19)20)10(5-8(7)14)21-11-6(12(17)18)2-1-3-15-11/h1-5H,(H,17,18). The number of carboxylic acids is 1. The molecule has 0 saturated heterocycles. The quantitative estimate of drug-likeness (QED) is 0.648. The first kappa shape index (κ1) is 15.4. The summed E-state index contributed by atoms with van der Waals surface area (Å²) in [7, 11) is 0. The number of hydrogen-bond acceptors (Lipinski definition) is 5. The average molecular weight is 373 g/mol. The molecule has 0 fully saturated rings. The summed E-state index contributed by atoms with van der Waals surface area (Å²) < 4.78 is 13.5. The molecular formula is C12H6BrFN2O4S. The molecule has 1 N–H and O–H groups in total. The van der Waals surface area contributed by atoms with Crippen LogP contribution in [0.3, 0.4) is 0 Å². The molecule has 9 heteroatoms. The lowest BCUT2D eigenvalue weighted by molar-refractivity contribution is -0.387. The Kier molecular flexibility index (Phi) is 4.53. The number of benzene rings is 1. The van der Waals surface area contributed by atoms with Gasteiger partial charge >= 0.3 is 5.97 Å². The smallest absolute Gasteiger partial charge is 0.338 e. The maximum atomic E-state index is 13.6. The molecule has 0 saturated carbocycles. The lowest BCUT2D eigenvalue weighted by Crippen LogP contribution is -2.01. The van der Waals surface area contributed by atoms with Crippen molar-refractivity contribution in [2.24, 2.45) is 0 Å². The van der Waals surface area contributed by atoms with Crippen molar-refractivity contribution in [2.75, 3.05) is 0 Å². The van der Waals surface area contributed by atoms with Crippen LogP contribution in [0.4, 0.5) is 10.1 Å². The second-order valence-corrected chi connectivity index (χ2v) is 5.64. The molecule has 0 atom stereocenters. The third-order valence-corrected chi connectivity index (χ3v) is 4.08. The highest BCUT2D eigenvalue weighted by molar-refractivity contribution is 9.10. The van der Waals surface area contributed by atoms with Crippen LogP contribution < -0.4 is 0 Å². The molecule has 0 radical (unpaired) electrons. The fourth-order valence-corrected chi connectivity index (χ4v) is 2.80. The molecular weight excluding hydrogens is 367 g/mol. The molecule has 0 aliphatic rings. The lowest BCUT2D eigenvalue weighted by atomic mass is 10.3. The number of halogens is 2. The number of aromatic nitrogens is 1. The van der Waals surface area contributed by atoms with Gasteiger partial charge in [0.2, 0.25) is 0 Å². The average Bonchev–Trinajstić information content (AvgIpc) is 2.42. The fraction of sp³-hybridized carbons (Fsp3) is 0. The van der Waals surface area contributed by atoms with E-state index in [0.29, 0.717) is 0 Å². The van der Waals surface area contributed by atoms with Gasteiger partial charge in [0.25, 0.3) is 5.69 Å². The van der Waals surface area contributed by atoms with E-state index in [1.165, 1.54) is 18.3 Å². The van der Waals surface area contributed by atoms with Crippen LogP contribution in [0.5, 0.6) is 0 Å². The van der Waals surface area contributed by atoms with Gasteiger partial charge in [-0.05, 0) is 34.1 Å². The SMILES string of the molecule is O=C(O)c1cccnc1Sc1cc(F)c(Br)cc1[N+](=O)[O-].